The molecule has 0 fully saturated rings. The largest absolute Gasteiger partial charge is 0.493 e. The summed E-state index contributed by atoms with van der Waals surface area (Å²) in [5, 5.41) is 0.261. The Morgan fingerprint density at radius 1 is 1.12 bits per heavy atom. The first-order valence-corrected chi connectivity index (χ1v) is 7.97. The summed E-state index contributed by atoms with van der Waals surface area (Å²) in [7, 11) is 2.91. The number of hydrogen-bond donors (Lipinski definition) is 0. The van der Waals surface area contributed by atoms with Gasteiger partial charge in [-0.05, 0) is 25.1 Å². The highest BCUT2D eigenvalue weighted by Crippen LogP contribution is 2.30. The molecule has 1 aromatic carbocycles. The van der Waals surface area contributed by atoms with E-state index in [4.69, 9.17) is 13.9 Å². The molecule has 0 aliphatic carbocycles. The van der Waals surface area contributed by atoms with Crippen molar-refractivity contribution in [3.05, 3.63) is 57.1 Å². The number of benzene rings is 1. The Hall–Kier alpha value is -3.29. The van der Waals surface area contributed by atoms with Crippen LogP contribution in [-0.4, -0.2) is 29.1 Å². The van der Waals surface area contributed by atoms with Gasteiger partial charge in [-0.2, -0.15) is 0 Å². The number of ketones is 1. The molecule has 136 valence electrons. The van der Waals surface area contributed by atoms with Crippen molar-refractivity contribution in [2.24, 2.45) is 0 Å². The Balaban J connectivity index is 2.30. The lowest BCUT2D eigenvalue weighted by Crippen LogP contribution is -2.40. The van der Waals surface area contributed by atoms with Gasteiger partial charge in [0.25, 0.3) is 5.56 Å². The summed E-state index contributed by atoms with van der Waals surface area (Å²) in [6.07, 6.45) is 1.38. The standard InChI is InChI=1S/C18H18N2O6/c1-4-19-17(22)11-8-15(24-2)16(25-3)9-12(11)20(18(19)23)10-13(21)14-6-5-7-26-14/h5-9H,4,10H2,1-3H3. The van der Waals surface area contributed by atoms with Gasteiger partial charge in [0, 0.05) is 12.6 Å². The maximum Gasteiger partial charge on any atom is 0.331 e. The number of fused-ring (bicyclic) bond motifs is 1. The van der Waals surface area contributed by atoms with Crippen LogP contribution in [0.1, 0.15) is 17.5 Å². The predicted octanol–water partition coefficient (Wildman–Crippen LogP) is 1.68. The molecule has 26 heavy (non-hydrogen) atoms. The molecule has 0 aliphatic rings. The number of ether oxygens (including phenoxy) is 2. The number of hydrogen-bond acceptors (Lipinski definition) is 6. The average molecular weight is 358 g/mol. The van der Waals surface area contributed by atoms with E-state index in [-0.39, 0.29) is 30.0 Å². The molecular weight excluding hydrogens is 340 g/mol. The van der Waals surface area contributed by atoms with Crippen LogP contribution in [0.3, 0.4) is 0 Å². The fraction of sp³-hybridized carbons (Fsp3) is 0.278. The third kappa shape index (κ3) is 2.79. The van der Waals surface area contributed by atoms with Gasteiger partial charge < -0.3 is 13.9 Å². The number of carbonyl (C=O) groups is 1. The quantitative estimate of drug-likeness (QED) is 0.623. The van der Waals surface area contributed by atoms with E-state index in [1.807, 2.05) is 0 Å². The Bertz CT molecular complexity index is 1080. The van der Waals surface area contributed by atoms with Gasteiger partial charge in [0.2, 0.25) is 5.78 Å². The van der Waals surface area contributed by atoms with Crippen LogP contribution in [0, 0.1) is 0 Å². The number of nitrogens with zero attached hydrogens (tertiary/aromatic N) is 2. The zero-order valence-electron chi connectivity index (χ0n) is 14.6. The summed E-state index contributed by atoms with van der Waals surface area (Å²) in [4.78, 5) is 37.9. The van der Waals surface area contributed by atoms with Gasteiger partial charge in [0.15, 0.2) is 17.3 Å². The summed E-state index contributed by atoms with van der Waals surface area (Å²) in [6.45, 7) is 1.60. The summed E-state index contributed by atoms with van der Waals surface area (Å²) in [5.74, 6) is 0.476. The molecule has 0 radical (unpaired) electrons. The van der Waals surface area contributed by atoms with E-state index in [2.05, 4.69) is 0 Å². The molecule has 0 N–H and O–H groups in total. The van der Waals surface area contributed by atoms with Crippen LogP contribution >= 0.6 is 0 Å². The monoisotopic (exact) mass is 358 g/mol. The van der Waals surface area contributed by atoms with Crippen molar-refractivity contribution >= 4 is 16.7 Å². The van der Waals surface area contributed by atoms with Crippen molar-refractivity contribution in [3.63, 3.8) is 0 Å². The highest BCUT2D eigenvalue weighted by atomic mass is 16.5. The van der Waals surface area contributed by atoms with Crippen LogP contribution in [0.5, 0.6) is 11.5 Å². The van der Waals surface area contributed by atoms with Gasteiger partial charge in [-0.15, -0.1) is 0 Å². The molecule has 2 aromatic heterocycles. The van der Waals surface area contributed by atoms with Crippen molar-refractivity contribution in [1.29, 1.82) is 0 Å². The third-order valence-corrected chi connectivity index (χ3v) is 4.14. The van der Waals surface area contributed by atoms with Crippen molar-refractivity contribution in [3.8, 4) is 11.5 Å². The predicted molar refractivity (Wildman–Crippen MR) is 94.3 cm³/mol. The number of aromatic nitrogens is 2. The Labute approximate surface area is 148 Å². The molecule has 0 bridgehead atoms. The first-order chi connectivity index (χ1) is 12.5. The van der Waals surface area contributed by atoms with E-state index in [1.54, 1.807) is 13.0 Å². The molecule has 8 nitrogen and oxygen atoms in total. The fourth-order valence-corrected chi connectivity index (χ4v) is 2.83. The van der Waals surface area contributed by atoms with Crippen molar-refractivity contribution in [2.45, 2.75) is 20.0 Å². The van der Waals surface area contributed by atoms with E-state index in [1.165, 1.54) is 43.2 Å². The lowest BCUT2D eigenvalue weighted by atomic mass is 10.2. The minimum atomic E-state index is -0.572. The van der Waals surface area contributed by atoms with Crippen LogP contribution in [0.25, 0.3) is 10.9 Å². The second-order valence-corrected chi connectivity index (χ2v) is 5.54. The Kier molecular flexibility index (Phi) is 4.66. The second kappa shape index (κ2) is 6.91. The van der Waals surface area contributed by atoms with Crippen molar-refractivity contribution in [2.75, 3.05) is 14.2 Å². The molecule has 0 aliphatic heterocycles. The number of carbonyl (C=O) groups excluding carboxylic acids is 1. The summed E-state index contributed by atoms with van der Waals surface area (Å²) in [6, 6.07) is 6.15. The molecule has 0 amide bonds. The Morgan fingerprint density at radius 3 is 2.38 bits per heavy atom. The van der Waals surface area contributed by atoms with Crippen LogP contribution in [-0.2, 0) is 13.1 Å². The highest BCUT2D eigenvalue weighted by Gasteiger charge is 2.19. The smallest absolute Gasteiger partial charge is 0.331 e. The van der Waals surface area contributed by atoms with E-state index in [9.17, 15) is 14.4 Å². The topological polar surface area (TPSA) is 92.7 Å². The lowest BCUT2D eigenvalue weighted by Gasteiger charge is -2.15. The molecule has 3 aromatic rings. The van der Waals surface area contributed by atoms with E-state index in [0.717, 1.165) is 4.57 Å². The summed E-state index contributed by atoms with van der Waals surface area (Å²) in [5.41, 5.74) is -0.727. The molecule has 3 rings (SSSR count). The average Bonchev–Trinajstić information content (AvgIpc) is 3.19. The second-order valence-electron chi connectivity index (χ2n) is 5.54. The molecule has 8 heteroatoms. The number of Topliss-reactive ketones (excluding diaryl/α,β-unsaturated/α-hetero) is 1. The molecule has 0 atom stereocenters. The zero-order chi connectivity index (χ0) is 18.8. The third-order valence-electron chi connectivity index (χ3n) is 4.14. The van der Waals surface area contributed by atoms with Crippen LogP contribution in [0.2, 0.25) is 0 Å². The van der Waals surface area contributed by atoms with Gasteiger partial charge in [0.05, 0.1) is 37.9 Å². The maximum absolute atomic E-state index is 12.8. The number of rotatable bonds is 6. The first-order valence-electron chi connectivity index (χ1n) is 7.97. The van der Waals surface area contributed by atoms with Gasteiger partial charge >= 0.3 is 5.69 Å². The molecular formula is C18H18N2O6. The van der Waals surface area contributed by atoms with Crippen LogP contribution in [0.4, 0.5) is 0 Å². The maximum atomic E-state index is 12.8. The molecule has 0 unspecified atom stereocenters. The summed E-state index contributed by atoms with van der Waals surface area (Å²) >= 11 is 0. The number of methoxy groups -OCH3 is 2. The minimum absolute atomic E-state index is 0.139. The van der Waals surface area contributed by atoms with Crippen molar-refractivity contribution in [1.82, 2.24) is 9.13 Å². The zero-order valence-corrected chi connectivity index (χ0v) is 14.6. The van der Waals surface area contributed by atoms with Crippen molar-refractivity contribution < 1.29 is 18.7 Å². The minimum Gasteiger partial charge on any atom is -0.493 e. The molecule has 2 heterocycles. The SMILES string of the molecule is CCn1c(=O)c2cc(OC)c(OC)cc2n(CC(=O)c2ccco2)c1=O. The first kappa shape index (κ1) is 17.5. The van der Waals surface area contributed by atoms with Crippen LogP contribution in [0.15, 0.2) is 44.5 Å². The number of furan rings is 1. The lowest BCUT2D eigenvalue weighted by molar-refractivity contribution is 0.0944. The van der Waals surface area contributed by atoms with E-state index < -0.39 is 11.2 Å². The normalized spacial score (nSPS) is 10.9. The molecule has 0 saturated carbocycles. The fourth-order valence-electron chi connectivity index (χ4n) is 2.83. The highest BCUT2D eigenvalue weighted by molar-refractivity contribution is 5.94. The molecule has 0 saturated heterocycles. The van der Waals surface area contributed by atoms with Crippen LogP contribution < -0.4 is 20.7 Å². The van der Waals surface area contributed by atoms with Gasteiger partial charge in [-0.1, -0.05) is 0 Å². The van der Waals surface area contributed by atoms with E-state index in [0.29, 0.717) is 17.0 Å². The van der Waals surface area contributed by atoms with Gasteiger partial charge in [0.1, 0.15) is 0 Å². The van der Waals surface area contributed by atoms with E-state index >= 15 is 0 Å². The summed E-state index contributed by atoms with van der Waals surface area (Å²) < 4.78 is 17.9. The molecule has 0 spiro atoms. The van der Waals surface area contributed by atoms with Gasteiger partial charge in [-0.25, -0.2) is 4.79 Å². The Morgan fingerprint density at radius 2 is 1.81 bits per heavy atom. The van der Waals surface area contributed by atoms with Gasteiger partial charge in [-0.3, -0.25) is 18.7 Å².